The summed E-state index contributed by atoms with van der Waals surface area (Å²) in [5, 5.41) is 10.9. The molecular weight excluding hydrogens is 222 g/mol. The Bertz CT molecular complexity index is 466. The molecule has 1 aromatic carbocycles. The van der Waals surface area contributed by atoms with Crippen molar-refractivity contribution in [3.05, 3.63) is 33.4 Å². The van der Waals surface area contributed by atoms with E-state index in [0.29, 0.717) is 11.1 Å². The van der Waals surface area contributed by atoms with Crippen LogP contribution in [-0.2, 0) is 0 Å². The van der Waals surface area contributed by atoms with Crippen LogP contribution in [0.15, 0.2) is 12.1 Å². The van der Waals surface area contributed by atoms with Crippen molar-refractivity contribution < 1.29 is 14.5 Å². The Hall–Kier alpha value is -1.91. The quantitative estimate of drug-likeness (QED) is 0.458. The van der Waals surface area contributed by atoms with Crippen molar-refractivity contribution in [2.45, 2.75) is 33.8 Å². The lowest BCUT2D eigenvalue weighted by atomic mass is 10.0. The molecule has 0 radical (unpaired) electrons. The van der Waals surface area contributed by atoms with Gasteiger partial charge in [-0.1, -0.05) is 0 Å². The van der Waals surface area contributed by atoms with E-state index >= 15 is 0 Å². The molecule has 17 heavy (non-hydrogen) atoms. The van der Waals surface area contributed by atoms with E-state index in [-0.39, 0.29) is 23.3 Å². The molecule has 0 heterocycles. The second kappa shape index (κ2) is 4.95. The van der Waals surface area contributed by atoms with Crippen molar-refractivity contribution in [3.63, 3.8) is 0 Å². The lowest BCUT2D eigenvalue weighted by Gasteiger charge is -2.12. The van der Waals surface area contributed by atoms with Gasteiger partial charge in [-0.25, -0.2) is 0 Å². The summed E-state index contributed by atoms with van der Waals surface area (Å²) < 4.78 is 5.37. The van der Waals surface area contributed by atoms with Crippen LogP contribution in [0.2, 0.25) is 0 Å². The number of aryl methyl sites for hydroxylation is 1. The molecule has 0 aliphatic carbocycles. The van der Waals surface area contributed by atoms with Crippen molar-refractivity contribution in [1.82, 2.24) is 0 Å². The van der Waals surface area contributed by atoms with Crippen molar-refractivity contribution in [1.29, 1.82) is 0 Å². The van der Waals surface area contributed by atoms with Gasteiger partial charge in [-0.05, 0) is 39.3 Å². The number of ketones is 1. The molecule has 5 nitrogen and oxygen atoms in total. The van der Waals surface area contributed by atoms with Crippen LogP contribution in [0.3, 0.4) is 0 Å². The average Bonchev–Trinajstić information content (AvgIpc) is 2.15. The van der Waals surface area contributed by atoms with Gasteiger partial charge in [0.2, 0.25) is 0 Å². The topological polar surface area (TPSA) is 69.4 Å². The Morgan fingerprint density at radius 1 is 1.41 bits per heavy atom. The molecule has 0 saturated carbocycles. The van der Waals surface area contributed by atoms with Gasteiger partial charge in [0.1, 0.15) is 0 Å². The van der Waals surface area contributed by atoms with Gasteiger partial charge in [0.25, 0.3) is 0 Å². The highest BCUT2D eigenvalue weighted by Crippen LogP contribution is 2.31. The summed E-state index contributed by atoms with van der Waals surface area (Å²) >= 11 is 0. The first-order valence-corrected chi connectivity index (χ1v) is 5.29. The molecular formula is C12H15NO4. The highest BCUT2D eigenvalue weighted by atomic mass is 16.6. The van der Waals surface area contributed by atoms with Crippen LogP contribution in [0.25, 0.3) is 0 Å². The van der Waals surface area contributed by atoms with E-state index in [0.717, 1.165) is 0 Å². The van der Waals surface area contributed by atoms with Gasteiger partial charge in [0, 0.05) is 11.6 Å². The monoisotopic (exact) mass is 237 g/mol. The number of rotatable bonds is 4. The first-order valence-electron chi connectivity index (χ1n) is 5.29. The predicted octanol–water partition coefficient (Wildman–Crippen LogP) is 2.89. The van der Waals surface area contributed by atoms with Crippen LogP contribution < -0.4 is 4.74 Å². The minimum absolute atomic E-state index is 0.156. The smallest absolute Gasteiger partial charge is 0.311 e. The van der Waals surface area contributed by atoms with E-state index in [4.69, 9.17) is 4.74 Å². The minimum atomic E-state index is -0.538. The molecule has 0 amide bonds. The first-order chi connectivity index (χ1) is 7.82. The Balaban J connectivity index is 3.35. The number of hydrogen-bond donors (Lipinski definition) is 0. The summed E-state index contributed by atoms with van der Waals surface area (Å²) in [7, 11) is 0. The van der Waals surface area contributed by atoms with Gasteiger partial charge < -0.3 is 4.74 Å². The third-order valence-electron chi connectivity index (χ3n) is 2.24. The molecule has 5 heteroatoms. The molecule has 0 aliphatic heterocycles. The third kappa shape index (κ3) is 3.03. The lowest BCUT2D eigenvalue weighted by molar-refractivity contribution is -0.386. The molecule has 0 N–H and O–H groups in total. The Morgan fingerprint density at radius 3 is 2.41 bits per heavy atom. The van der Waals surface area contributed by atoms with Crippen LogP contribution in [-0.4, -0.2) is 16.8 Å². The zero-order valence-electron chi connectivity index (χ0n) is 10.3. The van der Waals surface area contributed by atoms with Crippen molar-refractivity contribution >= 4 is 11.5 Å². The van der Waals surface area contributed by atoms with Crippen molar-refractivity contribution in [2.24, 2.45) is 0 Å². The molecule has 0 atom stereocenters. The minimum Gasteiger partial charge on any atom is -0.484 e. The van der Waals surface area contributed by atoms with Crippen molar-refractivity contribution in [2.75, 3.05) is 0 Å². The Labute approximate surface area is 99.5 Å². The number of carbonyl (C=O) groups excluding carboxylic acids is 1. The van der Waals surface area contributed by atoms with E-state index in [9.17, 15) is 14.9 Å². The second-order valence-corrected chi connectivity index (χ2v) is 4.11. The number of carbonyl (C=O) groups is 1. The normalized spacial score (nSPS) is 10.4. The molecule has 92 valence electrons. The fourth-order valence-electron chi connectivity index (χ4n) is 1.54. The van der Waals surface area contributed by atoms with E-state index in [2.05, 4.69) is 0 Å². The molecule has 0 unspecified atom stereocenters. The SMILES string of the molecule is CC(=O)c1cc([N+](=O)[O-])c(OC(C)C)cc1C. The number of nitrogens with zero attached hydrogens (tertiary/aromatic N) is 1. The van der Waals surface area contributed by atoms with E-state index in [1.165, 1.54) is 19.1 Å². The highest BCUT2D eigenvalue weighted by molar-refractivity contribution is 5.96. The Morgan fingerprint density at radius 2 is 2.00 bits per heavy atom. The summed E-state index contributed by atoms with van der Waals surface area (Å²) in [6.45, 7) is 6.69. The average molecular weight is 237 g/mol. The maximum atomic E-state index is 11.3. The zero-order chi connectivity index (χ0) is 13.2. The summed E-state index contributed by atoms with van der Waals surface area (Å²) in [5.74, 6) is 0.00852. The number of nitro groups is 1. The zero-order valence-corrected chi connectivity index (χ0v) is 10.3. The maximum absolute atomic E-state index is 11.3. The van der Waals surface area contributed by atoms with Crippen molar-refractivity contribution in [3.8, 4) is 5.75 Å². The predicted molar refractivity (Wildman–Crippen MR) is 63.6 cm³/mol. The molecule has 0 aliphatic rings. The largest absolute Gasteiger partial charge is 0.484 e. The molecule has 0 spiro atoms. The molecule has 1 rings (SSSR count). The summed E-state index contributed by atoms with van der Waals surface area (Å²) in [6.07, 6.45) is -0.156. The molecule has 0 saturated heterocycles. The number of ether oxygens (including phenoxy) is 1. The molecule has 1 aromatic rings. The molecule has 0 fully saturated rings. The fraction of sp³-hybridized carbons (Fsp3) is 0.417. The maximum Gasteiger partial charge on any atom is 0.311 e. The van der Waals surface area contributed by atoms with Crippen LogP contribution in [0, 0.1) is 17.0 Å². The standard InChI is InChI=1S/C12H15NO4/c1-7(2)17-12-5-8(3)10(9(4)14)6-11(12)13(15)16/h5-7H,1-4H3. The Kier molecular flexibility index (Phi) is 3.83. The molecule has 0 aromatic heterocycles. The highest BCUT2D eigenvalue weighted by Gasteiger charge is 2.20. The third-order valence-corrected chi connectivity index (χ3v) is 2.24. The van der Waals surface area contributed by atoms with Crippen LogP contribution in [0.5, 0.6) is 5.75 Å². The summed E-state index contributed by atoms with van der Waals surface area (Å²) in [5.41, 5.74) is 0.862. The van der Waals surface area contributed by atoms with Gasteiger partial charge >= 0.3 is 5.69 Å². The van der Waals surface area contributed by atoms with Gasteiger partial charge in [-0.2, -0.15) is 0 Å². The fourth-order valence-corrected chi connectivity index (χ4v) is 1.54. The van der Waals surface area contributed by atoms with E-state index in [1.54, 1.807) is 20.8 Å². The lowest BCUT2D eigenvalue weighted by Crippen LogP contribution is -2.09. The van der Waals surface area contributed by atoms with Gasteiger partial charge in [0.15, 0.2) is 11.5 Å². The van der Waals surface area contributed by atoms with Crippen LogP contribution in [0.4, 0.5) is 5.69 Å². The van der Waals surface area contributed by atoms with Gasteiger partial charge in [0.05, 0.1) is 11.0 Å². The van der Waals surface area contributed by atoms with E-state index in [1.807, 2.05) is 0 Å². The summed E-state index contributed by atoms with van der Waals surface area (Å²) in [4.78, 5) is 21.7. The second-order valence-electron chi connectivity index (χ2n) is 4.11. The van der Waals surface area contributed by atoms with Crippen LogP contribution in [0.1, 0.15) is 36.7 Å². The van der Waals surface area contributed by atoms with Gasteiger partial charge in [-0.15, -0.1) is 0 Å². The number of Topliss-reactive ketones (excluding diaryl/α,β-unsaturated/α-hetero) is 1. The molecule has 0 bridgehead atoms. The first kappa shape index (κ1) is 13.2. The number of nitro benzene ring substituents is 1. The van der Waals surface area contributed by atoms with Gasteiger partial charge in [-0.3, -0.25) is 14.9 Å². The summed E-state index contributed by atoms with van der Waals surface area (Å²) in [6, 6.07) is 2.81. The van der Waals surface area contributed by atoms with Crippen LogP contribution >= 0.6 is 0 Å². The number of benzene rings is 1. The van der Waals surface area contributed by atoms with E-state index < -0.39 is 4.92 Å². The number of hydrogen-bond acceptors (Lipinski definition) is 4.